The highest BCUT2D eigenvalue weighted by Gasteiger charge is 2.17. The van der Waals surface area contributed by atoms with Crippen LogP contribution in [0, 0.1) is 11.6 Å². The number of hydrogen-bond acceptors (Lipinski definition) is 4. The number of para-hydroxylation sites is 1. The summed E-state index contributed by atoms with van der Waals surface area (Å²) in [6.07, 6.45) is 0.0511. The predicted molar refractivity (Wildman–Crippen MR) is 124 cm³/mol. The van der Waals surface area contributed by atoms with Gasteiger partial charge in [-0.15, -0.1) is 0 Å². The lowest BCUT2D eigenvalue weighted by Gasteiger charge is -2.23. The summed E-state index contributed by atoms with van der Waals surface area (Å²) < 4.78 is 28.0. The van der Waals surface area contributed by atoms with E-state index in [0.29, 0.717) is 23.0 Å². The molecular weight excluding hydrogens is 426 g/mol. The second-order valence-electron chi connectivity index (χ2n) is 7.72. The molecule has 3 aromatic carbocycles. The highest BCUT2D eigenvalue weighted by Crippen LogP contribution is 2.16. The second kappa shape index (κ2) is 9.60. The van der Waals surface area contributed by atoms with E-state index in [-0.39, 0.29) is 18.8 Å². The third-order valence-corrected chi connectivity index (χ3v) is 5.16. The molecule has 168 valence electrons. The van der Waals surface area contributed by atoms with Crippen molar-refractivity contribution >= 4 is 22.8 Å². The Bertz CT molecular complexity index is 1340. The highest BCUT2D eigenvalue weighted by atomic mass is 19.1. The minimum Gasteiger partial charge on any atom is -0.339 e. The topological polar surface area (TPSA) is 67.2 Å². The van der Waals surface area contributed by atoms with Crippen molar-refractivity contribution in [2.24, 2.45) is 0 Å². The molecule has 1 N–H and O–H groups in total. The summed E-state index contributed by atoms with van der Waals surface area (Å²) in [7, 11) is 1.78. The number of nitrogens with one attached hydrogen (secondary N) is 1. The summed E-state index contributed by atoms with van der Waals surface area (Å²) in [5, 5.41) is 0.363. The summed E-state index contributed by atoms with van der Waals surface area (Å²) in [5.41, 5.74) is 4.07. The van der Waals surface area contributed by atoms with Gasteiger partial charge in [0.2, 0.25) is 11.9 Å². The molecule has 4 rings (SSSR count). The van der Waals surface area contributed by atoms with Gasteiger partial charge in [0.15, 0.2) is 0 Å². The van der Waals surface area contributed by atoms with E-state index in [1.165, 1.54) is 12.1 Å². The number of amides is 1. The minimum atomic E-state index is -0.704. The van der Waals surface area contributed by atoms with Crippen molar-refractivity contribution in [3.05, 3.63) is 106 Å². The normalized spacial score (nSPS) is 10.9. The number of anilines is 1. The number of nitrogens with zero attached hydrogens (tertiary/aromatic N) is 3. The van der Waals surface area contributed by atoms with Crippen LogP contribution in [0.5, 0.6) is 0 Å². The van der Waals surface area contributed by atoms with Gasteiger partial charge in [0.05, 0.1) is 10.9 Å². The molecule has 0 saturated heterocycles. The van der Waals surface area contributed by atoms with E-state index in [2.05, 4.69) is 10.4 Å². The zero-order valence-corrected chi connectivity index (χ0v) is 18.0. The first kappa shape index (κ1) is 22.1. The molecule has 0 aliphatic heterocycles. The number of aryl methyl sites for hydroxylation is 1. The summed E-state index contributed by atoms with van der Waals surface area (Å²) in [6, 6.07) is 19.7. The van der Waals surface area contributed by atoms with E-state index >= 15 is 0 Å². The predicted octanol–water partition coefficient (Wildman–Crippen LogP) is 4.01. The van der Waals surface area contributed by atoms with Crippen LogP contribution in [-0.4, -0.2) is 22.6 Å². The van der Waals surface area contributed by atoms with Crippen molar-refractivity contribution in [3.63, 3.8) is 0 Å². The maximum Gasteiger partial charge on any atom is 0.281 e. The molecular formula is C25H22F2N4O2. The third kappa shape index (κ3) is 5.23. The highest BCUT2D eigenvalue weighted by molar-refractivity contribution is 5.85. The molecule has 1 amide bonds. The van der Waals surface area contributed by atoms with Crippen molar-refractivity contribution in [2.75, 3.05) is 17.4 Å². The SMILES string of the molecule is CN(Cc1ccccc1)c1nc2ccccc2c(=O)n1NC(=O)CCc1cc(F)cc(F)c1. The van der Waals surface area contributed by atoms with Crippen molar-refractivity contribution in [1.29, 1.82) is 0 Å². The monoisotopic (exact) mass is 448 g/mol. The Hall–Kier alpha value is -4.07. The first-order valence-corrected chi connectivity index (χ1v) is 10.4. The van der Waals surface area contributed by atoms with Gasteiger partial charge in [-0.3, -0.25) is 15.0 Å². The number of carbonyl (C=O) groups is 1. The van der Waals surface area contributed by atoms with Gasteiger partial charge < -0.3 is 4.90 Å². The smallest absolute Gasteiger partial charge is 0.281 e. The molecule has 6 nitrogen and oxygen atoms in total. The zero-order valence-electron chi connectivity index (χ0n) is 18.0. The van der Waals surface area contributed by atoms with Gasteiger partial charge in [0, 0.05) is 26.1 Å². The first-order valence-electron chi connectivity index (χ1n) is 10.4. The van der Waals surface area contributed by atoms with Crippen LogP contribution in [0.4, 0.5) is 14.7 Å². The van der Waals surface area contributed by atoms with E-state index in [0.717, 1.165) is 16.3 Å². The van der Waals surface area contributed by atoms with Crippen LogP contribution in [0.2, 0.25) is 0 Å². The molecule has 1 heterocycles. The Morgan fingerprint density at radius 1 is 0.970 bits per heavy atom. The fourth-order valence-corrected chi connectivity index (χ4v) is 3.60. The molecule has 4 aromatic rings. The summed E-state index contributed by atoms with van der Waals surface area (Å²) in [5.74, 6) is -1.61. The van der Waals surface area contributed by atoms with Crippen molar-refractivity contribution < 1.29 is 13.6 Å². The molecule has 0 bridgehead atoms. The molecule has 0 aliphatic rings. The quantitative estimate of drug-likeness (QED) is 0.464. The summed E-state index contributed by atoms with van der Waals surface area (Å²) in [4.78, 5) is 32.2. The van der Waals surface area contributed by atoms with Gasteiger partial charge in [-0.05, 0) is 41.8 Å². The van der Waals surface area contributed by atoms with Gasteiger partial charge in [-0.2, -0.15) is 4.68 Å². The van der Waals surface area contributed by atoms with Crippen LogP contribution < -0.4 is 15.9 Å². The van der Waals surface area contributed by atoms with E-state index in [1.807, 2.05) is 30.3 Å². The van der Waals surface area contributed by atoms with E-state index < -0.39 is 23.1 Å². The standard InChI is InChI=1S/C25H22F2N4O2/c1-30(16-17-7-3-2-4-8-17)25-28-22-10-6-5-9-21(22)24(33)31(25)29-23(32)12-11-18-13-19(26)15-20(27)14-18/h2-10,13-15H,11-12,16H2,1H3,(H,29,32). The van der Waals surface area contributed by atoms with Gasteiger partial charge in [-0.25, -0.2) is 13.8 Å². The summed E-state index contributed by atoms with van der Waals surface area (Å²) >= 11 is 0. The lowest BCUT2D eigenvalue weighted by Crippen LogP contribution is -2.38. The average Bonchev–Trinajstić information content (AvgIpc) is 2.79. The van der Waals surface area contributed by atoms with Crippen LogP contribution >= 0.6 is 0 Å². The number of aromatic nitrogens is 2. The van der Waals surface area contributed by atoms with Crippen LogP contribution in [0.25, 0.3) is 10.9 Å². The van der Waals surface area contributed by atoms with Crippen molar-refractivity contribution in [3.8, 4) is 0 Å². The Kier molecular flexibility index (Phi) is 6.44. The summed E-state index contributed by atoms with van der Waals surface area (Å²) in [6.45, 7) is 0.462. The number of hydrogen-bond donors (Lipinski definition) is 1. The molecule has 8 heteroatoms. The van der Waals surface area contributed by atoms with E-state index in [4.69, 9.17) is 0 Å². The number of rotatable bonds is 7. The van der Waals surface area contributed by atoms with Gasteiger partial charge in [0.25, 0.3) is 5.56 Å². The molecule has 0 radical (unpaired) electrons. The van der Waals surface area contributed by atoms with E-state index in [1.54, 1.807) is 36.2 Å². The van der Waals surface area contributed by atoms with Crippen molar-refractivity contribution in [1.82, 2.24) is 9.66 Å². The number of benzene rings is 3. The Morgan fingerprint density at radius 2 is 1.64 bits per heavy atom. The minimum absolute atomic E-state index is 0.0655. The van der Waals surface area contributed by atoms with Gasteiger partial charge in [0.1, 0.15) is 11.6 Å². The molecule has 0 aliphatic carbocycles. The van der Waals surface area contributed by atoms with Crippen molar-refractivity contribution in [2.45, 2.75) is 19.4 Å². The largest absolute Gasteiger partial charge is 0.339 e. The van der Waals surface area contributed by atoms with E-state index in [9.17, 15) is 18.4 Å². The lowest BCUT2D eigenvalue weighted by atomic mass is 10.1. The second-order valence-corrected chi connectivity index (χ2v) is 7.72. The molecule has 1 aromatic heterocycles. The zero-order chi connectivity index (χ0) is 23.4. The van der Waals surface area contributed by atoms with Crippen LogP contribution in [0.1, 0.15) is 17.5 Å². The van der Waals surface area contributed by atoms with Crippen LogP contribution in [0.3, 0.4) is 0 Å². The van der Waals surface area contributed by atoms with Crippen LogP contribution in [-0.2, 0) is 17.8 Å². The first-order chi connectivity index (χ1) is 15.9. The molecule has 0 saturated carbocycles. The van der Waals surface area contributed by atoms with Gasteiger partial charge >= 0.3 is 0 Å². The fraction of sp³-hybridized carbons (Fsp3) is 0.160. The maximum absolute atomic E-state index is 13.4. The number of carbonyl (C=O) groups excluding carboxylic acids is 1. The molecule has 0 unspecified atom stereocenters. The lowest BCUT2D eigenvalue weighted by molar-refractivity contribution is -0.117. The van der Waals surface area contributed by atoms with Gasteiger partial charge in [-0.1, -0.05) is 42.5 Å². The number of halogens is 2. The Labute approximate surface area is 189 Å². The average molecular weight is 448 g/mol. The fourth-order valence-electron chi connectivity index (χ4n) is 3.60. The third-order valence-electron chi connectivity index (χ3n) is 5.16. The maximum atomic E-state index is 13.4. The molecule has 33 heavy (non-hydrogen) atoms. The molecule has 0 fully saturated rings. The number of fused-ring (bicyclic) bond motifs is 1. The Balaban J connectivity index is 1.62. The molecule has 0 spiro atoms. The Morgan fingerprint density at radius 3 is 2.36 bits per heavy atom. The molecule has 0 atom stereocenters. The van der Waals surface area contributed by atoms with Crippen LogP contribution in [0.15, 0.2) is 77.6 Å².